The molecule has 3 rings (SSSR count). The van der Waals surface area contributed by atoms with E-state index in [4.69, 9.17) is 10.5 Å². The molecule has 1 atom stereocenters. The predicted octanol–water partition coefficient (Wildman–Crippen LogP) is 1.96. The molecule has 1 aliphatic rings. The van der Waals surface area contributed by atoms with Crippen LogP contribution in [0, 0.1) is 0 Å². The summed E-state index contributed by atoms with van der Waals surface area (Å²) in [6, 6.07) is 10.3. The molecular weight excluding hydrogens is 252 g/mol. The van der Waals surface area contributed by atoms with Crippen LogP contribution in [0.5, 0.6) is 0 Å². The Morgan fingerprint density at radius 3 is 3.00 bits per heavy atom. The van der Waals surface area contributed by atoms with Crippen molar-refractivity contribution in [1.82, 2.24) is 9.97 Å². The molecule has 20 heavy (non-hydrogen) atoms. The summed E-state index contributed by atoms with van der Waals surface area (Å²) in [4.78, 5) is 8.50. The Morgan fingerprint density at radius 2 is 2.20 bits per heavy atom. The summed E-state index contributed by atoms with van der Waals surface area (Å²) in [7, 11) is 1.62. The third-order valence-electron chi connectivity index (χ3n) is 3.56. The fraction of sp³-hybridized carbons (Fsp3) is 0.333. The first kappa shape index (κ1) is 12.9. The fourth-order valence-electron chi connectivity index (χ4n) is 2.57. The Hall–Kier alpha value is -2.14. The number of hydrogen-bond donors (Lipinski definition) is 2. The highest BCUT2D eigenvalue weighted by Gasteiger charge is 2.24. The summed E-state index contributed by atoms with van der Waals surface area (Å²) in [6.07, 6.45) is 1.12. The van der Waals surface area contributed by atoms with Crippen molar-refractivity contribution >= 4 is 11.6 Å². The second-order valence-electron chi connectivity index (χ2n) is 5.01. The molecule has 104 valence electrons. The molecule has 1 aromatic heterocycles. The number of aromatic nitrogens is 2. The normalized spacial score (nSPS) is 16.4. The lowest BCUT2D eigenvalue weighted by Gasteiger charge is -2.30. The number of nitrogens with zero attached hydrogens (tertiary/aromatic N) is 2. The minimum absolute atomic E-state index is 0.367. The minimum Gasteiger partial charge on any atom is -0.384 e. The Kier molecular flexibility index (Phi) is 3.52. The van der Waals surface area contributed by atoms with Crippen molar-refractivity contribution in [2.75, 3.05) is 24.7 Å². The number of benzene rings is 1. The van der Waals surface area contributed by atoms with E-state index >= 15 is 0 Å². The highest BCUT2D eigenvalue weighted by Crippen LogP contribution is 2.34. The topological polar surface area (TPSA) is 73.1 Å². The molecule has 3 N–H and O–H groups in total. The van der Waals surface area contributed by atoms with Gasteiger partial charge in [-0.25, -0.2) is 9.97 Å². The highest BCUT2D eigenvalue weighted by atomic mass is 16.5. The molecule has 0 fully saturated rings. The number of methoxy groups -OCH3 is 1. The smallest absolute Gasteiger partial charge is 0.158 e. The average Bonchev–Trinajstić information content (AvgIpc) is 2.39. The van der Waals surface area contributed by atoms with E-state index in [2.05, 4.69) is 39.6 Å². The summed E-state index contributed by atoms with van der Waals surface area (Å²) in [5.74, 6) is 2.37. The molecule has 0 saturated carbocycles. The monoisotopic (exact) mass is 270 g/mol. The number of rotatable bonds is 5. The van der Waals surface area contributed by atoms with Gasteiger partial charge in [-0.05, 0) is 17.5 Å². The molecule has 0 aliphatic heterocycles. The van der Waals surface area contributed by atoms with E-state index in [1.165, 1.54) is 11.1 Å². The van der Waals surface area contributed by atoms with Gasteiger partial charge < -0.3 is 15.8 Å². The lowest BCUT2D eigenvalue weighted by molar-refractivity contribution is 0.178. The first-order valence-corrected chi connectivity index (χ1v) is 6.70. The maximum Gasteiger partial charge on any atom is 0.158 e. The zero-order valence-electron chi connectivity index (χ0n) is 11.5. The van der Waals surface area contributed by atoms with Crippen LogP contribution in [0.2, 0.25) is 0 Å². The van der Waals surface area contributed by atoms with E-state index in [1.807, 2.05) is 0 Å². The van der Waals surface area contributed by atoms with Crippen LogP contribution in [0.3, 0.4) is 0 Å². The lowest BCUT2D eigenvalue weighted by Crippen LogP contribution is -2.24. The van der Waals surface area contributed by atoms with Gasteiger partial charge >= 0.3 is 0 Å². The lowest BCUT2D eigenvalue weighted by atomic mass is 9.77. The Bertz CT molecular complexity index is 615. The Labute approximate surface area is 118 Å². The van der Waals surface area contributed by atoms with Gasteiger partial charge in [0.15, 0.2) is 5.82 Å². The van der Waals surface area contributed by atoms with Gasteiger partial charge in [-0.1, -0.05) is 24.3 Å². The van der Waals surface area contributed by atoms with Gasteiger partial charge in [0.05, 0.1) is 0 Å². The first-order valence-electron chi connectivity index (χ1n) is 6.70. The summed E-state index contributed by atoms with van der Waals surface area (Å²) in [6.45, 7) is 1.23. The predicted molar refractivity (Wildman–Crippen MR) is 78.5 cm³/mol. The van der Waals surface area contributed by atoms with E-state index < -0.39 is 0 Å². The number of nitrogens with one attached hydrogen (secondary N) is 1. The van der Waals surface area contributed by atoms with Crippen molar-refractivity contribution < 1.29 is 4.74 Å². The number of nitrogen functional groups attached to an aromatic ring is 1. The van der Waals surface area contributed by atoms with Crippen molar-refractivity contribution in [3.8, 4) is 0 Å². The SMILES string of the molecule is COCc1nc(N)cc(NCC2Cc3ccccc32)n1. The maximum absolute atomic E-state index is 5.77. The van der Waals surface area contributed by atoms with Crippen molar-refractivity contribution in [2.24, 2.45) is 0 Å². The summed E-state index contributed by atoms with van der Waals surface area (Å²) >= 11 is 0. The molecular formula is C15H18N4O. The van der Waals surface area contributed by atoms with Gasteiger partial charge in [0, 0.05) is 25.6 Å². The zero-order chi connectivity index (χ0) is 13.9. The van der Waals surface area contributed by atoms with Crippen LogP contribution in [0.15, 0.2) is 30.3 Å². The quantitative estimate of drug-likeness (QED) is 0.869. The van der Waals surface area contributed by atoms with Gasteiger partial charge in [0.1, 0.15) is 18.2 Å². The van der Waals surface area contributed by atoms with Gasteiger partial charge in [0.2, 0.25) is 0 Å². The van der Waals surface area contributed by atoms with Crippen LogP contribution in [0.25, 0.3) is 0 Å². The maximum atomic E-state index is 5.77. The van der Waals surface area contributed by atoms with Gasteiger partial charge in [-0.3, -0.25) is 0 Å². The molecule has 0 radical (unpaired) electrons. The number of hydrogen-bond acceptors (Lipinski definition) is 5. The average molecular weight is 270 g/mol. The molecule has 0 amide bonds. The van der Waals surface area contributed by atoms with E-state index in [-0.39, 0.29) is 0 Å². The number of anilines is 2. The van der Waals surface area contributed by atoms with E-state index in [0.29, 0.717) is 24.2 Å². The highest BCUT2D eigenvalue weighted by molar-refractivity contribution is 5.47. The first-order chi connectivity index (χ1) is 9.76. The third kappa shape index (κ3) is 2.58. The van der Waals surface area contributed by atoms with Crippen molar-refractivity contribution in [1.29, 1.82) is 0 Å². The van der Waals surface area contributed by atoms with Crippen LogP contribution in [0.1, 0.15) is 22.9 Å². The van der Waals surface area contributed by atoms with E-state index in [1.54, 1.807) is 13.2 Å². The number of fused-ring (bicyclic) bond motifs is 1. The largest absolute Gasteiger partial charge is 0.384 e. The molecule has 1 unspecified atom stereocenters. The van der Waals surface area contributed by atoms with Crippen molar-refractivity contribution in [3.05, 3.63) is 47.3 Å². The molecule has 0 spiro atoms. The second-order valence-corrected chi connectivity index (χ2v) is 5.01. The molecule has 5 nitrogen and oxygen atoms in total. The van der Waals surface area contributed by atoms with Gasteiger partial charge in [-0.15, -0.1) is 0 Å². The molecule has 0 saturated heterocycles. The molecule has 1 heterocycles. The molecule has 2 aromatic rings. The second kappa shape index (κ2) is 5.46. The summed E-state index contributed by atoms with van der Waals surface area (Å²) in [5, 5.41) is 3.34. The number of ether oxygens (including phenoxy) is 1. The molecule has 0 bridgehead atoms. The van der Waals surface area contributed by atoms with Crippen LogP contribution < -0.4 is 11.1 Å². The van der Waals surface area contributed by atoms with Gasteiger partial charge in [-0.2, -0.15) is 0 Å². The van der Waals surface area contributed by atoms with Crippen LogP contribution in [-0.4, -0.2) is 23.6 Å². The number of nitrogens with two attached hydrogens (primary N) is 1. The van der Waals surface area contributed by atoms with E-state index in [9.17, 15) is 0 Å². The van der Waals surface area contributed by atoms with Crippen LogP contribution >= 0.6 is 0 Å². The third-order valence-corrected chi connectivity index (χ3v) is 3.56. The van der Waals surface area contributed by atoms with E-state index in [0.717, 1.165) is 18.8 Å². The van der Waals surface area contributed by atoms with Crippen LogP contribution in [0.4, 0.5) is 11.6 Å². The molecule has 1 aliphatic carbocycles. The Morgan fingerprint density at radius 1 is 1.35 bits per heavy atom. The summed E-state index contributed by atoms with van der Waals surface area (Å²) < 4.78 is 5.03. The van der Waals surface area contributed by atoms with Crippen molar-refractivity contribution in [3.63, 3.8) is 0 Å². The fourth-order valence-corrected chi connectivity index (χ4v) is 2.57. The van der Waals surface area contributed by atoms with Crippen molar-refractivity contribution in [2.45, 2.75) is 18.9 Å². The minimum atomic E-state index is 0.367. The molecule has 1 aromatic carbocycles. The molecule has 5 heteroatoms. The Balaban J connectivity index is 1.65. The van der Waals surface area contributed by atoms with Crippen LogP contribution in [-0.2, 0) is 17.8 Å². The van der Waals surface area contributed by atoms with Gasteiger partial charge in [0.25, 0.3) is 0 Å². The zero-order valence-corrected chi connectivity index (χ0v) is 11.5. The summed E-state index contributed by atoms with van der Waals surface area (Å²) in [5.41, 5.74) is 8.65. The standard InChI is InChI=1S/C15H18N4O/c1-20-9-15-18-13(16)7-14(19-15)17-8-11-6-10-4-2-3-5-12(10)11/h2-5,7,11H,6,8-9H2,1H3,(H3,16,17,18,19).